The van der Waals surface area contributed by atoms with Gasteiger partial charge in [0.2, 0.25) is 0 Å². The van der Waals surface area contributed by atoms with Gasteiger partial charge in [-0.15, -0.1) is 35.3 Å². The highest BCUT2D eigenvalue weighted by Gasteiger charge is 2.16. The van der Waals surface area contributed by atoms with Crippen molar-refractivity contribution in [1.29, 1.82) is 0 Å². The molecular formula is C20H29IN4O2S. The van der Waals surface area contributed by atoms with E-state index in [0.29, 0.717) is 25.7 Å². The number of aliphatic imine (C=N–C) groups is 1. The first kappa shape index (κ1) is 22.8. The molecule has 1 aromatic heterocycles. The number of rotatable bonds is 8. The molecule has 2 heterocycles. The summed E-state index contributed by atoms with van der Waals surface area (Å²) in [7, 11) is 0. The van der Waals surface area contributed by atoms with Gasteiger partial charge in [-0.2, -0.15) is 0 Å². The van der Waals surface area contributed by atoms with Gasteiger partial charge in [0.25, 0.3) is 0 Å². The number of anilines is 1. The summed E-state index contributed by atoms with van der Waals surface area (Å²) in [6, 6.07) is 7.89. The van der Waals surface area contributed by atoms with Crippen LogP contribution in [0.1, 0.15) is 24.3 Å². The van der Waals surface area contributed by atoms with Gasteiger partial charge >= 0.3 is 0 Å². The molecule has 1 aliphatic rings. The number of nitrogens with one attached hydrogen (secondary N) is 1. The second-order valence-corrected chi connectivity index (χ2v) is 7.31. The maximum absolute atomic E-state index is 6.10. The van der Waals surface area contributed by atoms with Crippen LogP contribution >= 0.6 is 35.3 Å². The number of hydrogen-bond donors (Lipinski definition) is 2. The van der Waals surface area contributed by atoms with Crippen LogP contribution < -0.4 is 20.5 Å². The van der Waals surface area contributed by atoms with Crippen LogP contribution in [0.5, 0.6) is 11.5 Å². The van der Waals surface area contributed by atoms with E-state index in [1.807, 2.05) is 43.4 Å². The van der Waals surface area contributed by atoms with Crippen LogP contribution in [-0.4, -0.2) is 43.7 Å². The Morgan fingerprint density at radius 2 is 2.07 bits per heavy atom. The second kappa shape index (κ2) is 11.5. The number of guanidine groups is 1. The molecule has 8 heteroatoms. The molecule has 0 saturated heterocycles. The molecule has 3 N–H and O–H groups in total. The zero-order valence-electron chi connectivity index (χ0n) is 16.4. The Kier molecular flexibility index (Phi) is 9.33. The average molecular weight is 516 g/mol. The number of ether oxygens (including phenoxy) is 2. The van der Waals surface area contributed by atoms with Crippen molar-refractivity contribution in [1.82, 2.24) is 4.90 Å². The minimum atomic E-state index is 0. The molecule has 0 spiro atoms. The number of hydrogen-bond acceptors (Lipinski definition) is 5. The molecule has 1 aromatic carbocycles. The fraction of sp³-hybridized carbons (Fsp3) is 0.450. The molecule has 0 aliphatic carbocycles. The van der Waals surface area contributed by atoms with Crippen LogP contribution in [0.15, 0.2) is 34.6 Å². The minimum absolute atomic E-state index is 0. The third-order valence-electron chi connectivity index (χ3n) is 4.41. The van der Waals surface area contributed by atoms with Gasteiger partial charge < -0.3 is 20.5 Å². The fourth-order valence-electron chi connectivity index (χ4n) is 3.13. The summed E-state index contributed by atoms with van der Waals surface area (Å²) in [6.07, 6.45) is 1.13. The van der Waals surface area contributed by atoms with Crippen LogP contribution in [-0.2, 0) is 13.0 Å². The molecular weight excluding hydrogens is 487 g/mol. The summed E-state index contributed by atoms with van der Waals surface area (Å²) >= 11 is 1.86. The highest BCUT2D eigenvalue weighted by molar-refractivity contribution is 14.0. The first-order valence-corrected chi connectivity index (χ1v) is 10.3. The maximum Gasteiger partial charge on any atom is 0.193 e. The predicted octanol–water partition coefficient (Wildman–Crippen LogP) is 3.95. The predicted molar refractivity (Wildman–Crippen MR) is 128 cm³/mol. The summed E-state index contributed by atoms with van der Waals surface area (Å²) in [5.74, 6) is 1.90. The maximum atomic E-state index is 6.10. The van der Waals surface area contributed by atoms with E-state index in [1.54, 1.807) is 0 Å². The molecule has 0 radical (unpaired) electrons. The Bertz CT molecular complexity index is 781. The standard InChI is InChI=1S/C20H28N4O2S.HI/c1-3-25-16-5-6-18(26-4-2)17(13-16)23-20(21)22-9-11-24-10-7-19-15(14-24)8-12-27-19;/h5-6,8,12-13H,3-4,7,9-11,14H2,1-2H3,(H3,21,22,23);1H. The molecule has 0 saturated carbocycles. The normalized spacial score (nSPS) is 14.1. The lowest BCUT2D eigenvalue weighted by atomic mass is 10.1. The van der Waals surface area contributed by atoms with Crippen molar-refractivity contribution in [2.45, 2.75) is 26.8 Å². The Labute approximate surface area is 188 Å². The molecule has 1 aliphatic heterocycles. The Hall–Kier alpha value is -1.52. The van der Waals surface area contributed by atoms with Crippen LogP contribution in [0.4, 0.5) is 5.69 Å². The highest BCUT2D eigenvalue weighted by atomic mass is 127. The quantitative estimate of drug-likeness (QED) is 0.316. The summed E-state index contributed by atoms with van der Waals surface area (Å²) in [5.41, 5.74) is 8.32. The summed E-state index contributed by atoms with van der Waals surface area (Å²) in [6.45, 7) is 8.75. The van der Waals surface area contributed by atoms with E-state index in [2.05, 4.69) is 26.7 Å². The van der Waals surface area contributed by atoms with E-state index < -0.39 is 0 Å². The monoisotopic (exact) mass is 516 g/mol. The molecule has 154 valence electrons. The van der Waals surface area contributed by atoms with E-state index in [-0.39, 0.29) is 24.0 Å². The van der Waals surface area contributed by atoms with Gasteiger partial charge in [0.05, 0.1) is 25.4 Å². The van der Waals surface area contributed by atoms with Crippen molar-refractivity contribution in [2.75, 3.05) is 38.2 Å². The molecule has 6 nitrogen and oxygen atoms in total. The van der Waals surface area contributed by atoms with Crippen LogP contribution in [0.25, 0.3) is 0 Å². The zero-order valence-corrected chi connectivity index (χ0v) is 19.6. The Morgan fingerprint density at radius 3 is 2.86 bits per heavy atom. The van der Waals surface area contributed by atoms with Gasteiger partial charge in [-0.05, 0) is 49.4 Å². The third-order valence-corrected chi connectivity index (χ3v) is 5.43. The van der Waals surface area contributed by atoms with E-state index in [0.717, 1.165) is 43.2 Å². The van der Waals surface area contributed by atoms with E-state index in [4.69, 9.17) is 15.2 Å². The Balaban J connectivity index is 0.00000280. The van der Waals surface area contributed by atoms with Gasteiger partial charge in [-0.25, -0.2) is 0 Å². The highest BCUT2D eigenvalue weighted by Crippen LogP contribution is 2.29. The van der Waals surface area contributed by atoms with Crippen molar-refractivity contribution in [3.63, 3.8) is 0 Å². The molecule has 3 rings (SSSR count). The zero-order chi connectivity index (χ0) is 19.1. The third kappa shape index (κ3) is 6.25. The van der Waals surface area contributed by atoms with E-state index in [1.165, 1.54) is 10.4 Å². The molecule has 28 heavy (non-hydrogen) atoms. The number of nitrogens with two attached hydrogens (primary N) is 1. The van der Waals surface area contributed by atoms with Gasteiger partial charge in [-0.3, -0.25) is 9.89 Å². The number of nitrogens with zero attached hydrogens (tertiary/aromatic N) is 2. The first-order chi connectivity index (χ1) is 13.2. The van der Waals surface area contributed by atoms with Crippen molar-refractivity contribution < 1.29 is 9.47 Å². The second-order valence-electron chi connectivity index (χ2n) is 6.31. The van der Waals surface area contributed by atoms with Gasteiger partial charge in [0, 0.05) is 30.6 Å². The lowest BCUT2D eigenvalue weighted by Crippen LogP contribution is -2.32. The van der Waals surface area contributed by atoms with Crippen molar-refractivity contribution >= 4 is 47.0 Å². The molecule has 0 atom stereocenters. The van der Waals surface area contributed by atoms with Gasteiger partial charge in [-0.1, -0.05) is 0 Å². The largest absolute Gasteiger partial charge is 0.494 e. The van der Waals surface area contributed by atoms with E-state index in [9.17, 15) is 0 Å². The molecule has 0 fully saturated rings. The lowest BCUT2D eigenvalue weighted by molar-refractivity contribution is 0.264. The summed E-state index contributed by atoms with van der Waals surface area (Å²) < 4.78 is 11.2. The fourth-order valence-corrected chi connectivity index (χ4v) is 4.02. The minimum Gasteiger partial charge on any atom is -0.494 e. The first-order valence-electron chi connectivity index (χ1n) is 9.43. The van der Waals surface area contributed by atoms with Crippen LogP contribution in [0.3, 0.4) is 0 Å². The summed E-state index contributed by atoms with van der Waals surface area (Å²) in [5, 5.41) is 5.33. The van der Waals surface area contributed by atoms with Crippen molar-refractivity contribution in [2.24, 2.45) is 10.7 Å². The molecule has 2 aromatic rings. The van der Waals surface area contributed by atoms with Gasteiger partial charge in [0.1, 0.15) is 11.5 Å². The number of benzene rings is 1. The molecule has 0 bridgehead atoms. The Morgan fingerprint density at radius 1 is 1.25 bits per heavy atom. The smallest absolute Gasteiger partial charge is 0.193 e. The lowest BCUT2D eigenvalue weighted by Gasteiger charge is -2.26. The summed E-state index contributed by atoms with van der Waals surface area (Å²) in [4.78, 5) is 8.43. The van der Waals surface area contributed by atoms with Crippen molar-refractivity contribution in [3.8, 4) is 11.5 Å². The number of thiophene rings is 1. The molecule has 0 amide bonds. The van der Waals surface area contributed by atoms with Crippen molar-refractivity contribution in [3.05, 3.63) is 40.1 Å². The number of halogens is 1. The topological polar surface area (TPSA) is 72.1 Å². The van der Waals surface area contributed by atoms with Crippen LogP contribution in [0, 0.1) is 0 Å². The average Bonchev–Trinajstić information content (AvgIpc) is 3.12. The number of fused-ring (bicyclic) bond motifs is 1. The molecule has 0 unspecified atom stereocenters. The SMILES string of the molecule is CCOc1ccc(OCC)c(NC(N)=NCCN2CCc3sccc3C2)c1.I. The van der Waals surface area contributed by atoms with Gasteiger partial charge in [0.15, 0.2) is 5.96 Å². The van der Waals surface area contributed by atoms with Crippen LogP contribution in [0.2, 0.25) is 0 Å². The van der Waals surface area contributed by atoms with E-state index >= 15 is 0 Å².